The van der Waals surface area contributed by atoms with Gasteiger partial charge in [-0.3, -0.25) is 9.78 Å². The van der Waals surface area contributed by atoms with Gasteiger partial charge in [0.25, 0.3) is 5.91 Å². The second-order valence-electron chi connectivity index (χ2n) is 10.3. The highest BCUT2D eigenvalue weighted by molar-refractivity contribution is 7.28. The second-order valence-corrected chi connectivity index (χ2v) is 10.9. The van der Waals surface area contributed by atoms with Crippen molar-refractivity contribution < 1.29 is 13.6 Å². The number of aromatic nitrogens is 2. The summed E-state index contributed by atoms with van der Waals surface area (Å²) in [5.41, 5.74) is 9.54. The summed E-state index contributed by atoms with van der Waals surface area (Å²) in [6, 6.07) is 7.73. The van der Waals surface area contributed by atoms with Gasteiger partial charge in [-0.2, -0.15) is 0 Å². The standard InChI is InChI=1S/C29H31F2N4OP/c1-16-10-19(12-20(32)11-16)21-8-9-33-15-25(21)35-29(36)24-7-6-22(30)28(34-24)27-23(31)13-18(14-26(27)37)17-4-2-3-5-17/h4,6-9,13-16,19-20H,2-3,5,10-12,32,37H2,1H3,(H,35,36). The van der Waals surface area contributed by atoms with Crippen molar-refractivity contribution >= 4 is 31.7 Å². The summed E-state index contributed by atoms with van der Waals surface area (Å²) in [4.78, 5) is 21.7. The van der Waals surface area contributed by atoms with Gasteiger partial charge in [-0.25, -0.2) is 13.8 Å². The Kier molecular flexibility index (Phi) is 7.45. The summed E-state index contributed by atoms with van der Waals surface area (Å²) in [6.45, 7) is 2.19. The smallest absolute Gasteiger partial charge is 0.274 e. The van der Waals surface area contributed by atoms with Gasteiger partial charge in [-0.1, -0.05) is 13.0 Å². The van der Waals surface area contributed by atoms with E-state index in [0.717, 1.165) is 61.3 Å². The normalized spacial score (nSPS) is 21.5. The van der Waals surface area contributed by atoms with E-state index >= 15 is 4.39 Å². The third-order valence-electron chi connectivity index (χ3n) is 7.37. The fraction of sp³-hybridized carbons (Fsp3) is 0.345. The largest absolute Gasteiger partial charge is 0.328 e. The van der Waals surface area contributed by atoms with Gasteiger partial charge < -0.3 is 11.1 Å². The SMILES string of the molecule is CC1CC(N)CC(c2ccncc2NC(=O)c2ccc(F)c(-c3c(F)cc(C4=CCCC4)cc3P)n2)C1. The van der Waals surface area contributed by atoms with Crippen LogP contribution in [0.2, 0.25) is 0 Å². The zero-order valence-electron chi connectivity index (χ0n) is 20.8. The van der Waals surface area contributed by atoms with Crippen molar-refractivity contribution in [1.82, 2.24) is 9.97 Å². The molecule has 3 aromatic rings. The Bertz CT molecular complexity index is 1340. The minimum atomic E-state index is -0.695. The van der Waals surface area contributed by atoms with E-state index in [1.165, 1.54) is 12.1 Å². The van der Waals surface area contributed by atoms with Crippen LogP contribution in [0.1, 0.15) is 73.0 Å². The van der Waals surface area contributed by atoms with E-state index in [9.17, 15) is 9.18 Å². The molecular formula is C29H31F2N4OP. The van der Waals surface area contributed by atoms with Crippen molar-refractivity contribution in [2.24, 2.45) is 11.7 Å². The van der Waals surface area contributed by atoms with Gasteiger partial charge in [-0.05, 0) is 103 Å². The number of rotatable bonds is 5. The highest BCUT2D eigenvalue weighted by Crippen LogP contribution is 2.38. The molecule has 2 heterocycles. The molecule has 5 rings (SSSR count). The first-order chi connectivity index (χ1) is 17.8. The van der Waals surface area contributed by atoms with Crippen molar-refractivity contribution in [3.8, 4) is 11.3 Å². The fourth-order valence-electron chi connectivity index (χ4n) is 5.70. The molecule has 0 aliphatic heterocycles. The van der Waals surface area contributed by atoms with Crippen LogP contribution < -0.4 is 16.4 Å². The summed E-state index contributed by atoms with van der Waals surface area (Å²) in [5, 5.41) is 3.38. The van der Waals surface area contributed by atoms with Crippen molar-refractivity contribution in [2.75, 3.05) is 5.32 Å². The topological polar surface area (TPSA) is 80.9 Å². The minimum Gasteiger partial charge on any atom is -0.328 e. The third-order valence-corrected chi connectivity index (χ3v) is 7.83. The quantitative estimate of drug-likeness (QED) is 0.406. The maximum Gasteiger partial charge on any atom is 0.274 e. The predicted molar refractivity (Wildman–Crippen MR) is 147 cm³/mol. The summed E-state index contributed by atoms with van der Waals surface area (Å²) in [7, 11) is 2.48. The lowest BCUT2D eigenvalue weighted by Crippen LogP contribution is -2.31. The molecule has 0 bridgehead atoms. The fourth-order valence-corrected chi connectivity index (χ4v) is 6.16. The van der Waals surface area contributed by atoms with E-state index in [2.05, 4.69) is 37.5 Å². The highest BCUT2D eigenvalue weighted by atomic mass is 31.0. The van der Waals surface area contributed by atoms with Crippen LogP contribution in [0.4, 0.5) is 14.5 Å². The third kappa shape index (κ3) is 5.48. The number of pyridine rings is 2. The Morgan fingerprint density at radius 1 is 1.14 bits per heavy atom. The number of benzene rings is 1. The molecule has 4 unspecified atom stereocenters. The summed E-state index contributed by atoms with van der Waals surface area (Å²) >= 11 is 0. The van der Waals surface area contributed by atoms with Crippen molar-refractivity contribution in [3.05, 3.63) is 77.3 Å². The molecule has 192 valence electrons. The van der Waals surface area contributed by atoms with E-state index in [4.69, 9.17) is 5.73 Å². The molecule has 1 aromatic carbocycles. The molecule has 0 radical (unpaired) electrons. The van der Waals surface area contributed by atoms with Crippen LogP contribution in [-0.2, 0) is 0 Å². The zero-order chi connectivity index (χ0) is 26.1. The minimum absolute atomic E-state index is 0.00806. The van der Waals surface area contributed by atoms with E-state index in [0.29, 0.717) is 16.9 Å². The van der Waals surface area contributed by atoms with Crippen LogP contribution in [0.3, 0.4) is 0 Å². The van der Waals surface area contributed by atoms with Gasteiger partial charge in [0.05, 0.1) is 11.9 Å². The lowest BCUT2D eigenvalue weighted by Gasteiger charge is -2.32. The van der Waals surface area contributed by atoms with Gasteiger partial charge >= 0.3 is 0 Å². The number of nitrogens with zero attached hydrogens (tertiary/aromatic N) is 2. The molecule has 0 saturated heterocycles. The maximum absolute atomic E-state index is 15.3. The first-order valence-electron chi connectivity index (χ1n) is 12.8. The summed E-state index contributed by atoms with van der Waals surface area (Å²) in [5.74, 6) is -1.09. The van der Waals surface area contributed by atoms with Crippen molar-refractivity contribution in [3.63, 3.8) is 0 Å². The Labute approximate surface area is 218 Å². The predicted octanol–water partition coefficient (Wildman–Crippen LogP) is 5.97. The maximum atomic E-state index is 15.3. The zero-order valence-corrected chi connectivity index (χ0v) is 22.0. The van der Waals surface area contributed by atoms with Gasteiger partial charge in [0.2, 0.25) is 0 Å². The van der Waals surface area contributed by atoms with Crippen LogP contribution in [0.15, 0.2) is 48.8 Å². The molecule has 1 amide bonds. The summed E-state index contributed by atoms with van der Waals surface area (Å²) in [6.07, 6.45) is 11.1. The van der Waals surface area contributed by atoms with Crippen LogP contribution in [0.5, 0.6) is 0 Å². The number of anilines is 1. The molecule has 3 N–H and O–H groups in total. The number of nitrogens with one attached hydrogen (secondary N) is 1. The van der Waals surface area contributed by atoms with Crippen molar-refractivity contribution in [2.45, 2.75) is 57.4 Å². The molecule has 8 heteroatoms. The summed E-state index contributed by atoms with van der Waals surface area (Å²) < 4.78 is 30.1. The van der Waals surface area contributed by atoms with Gasteiger partial charge in [0, 0.05) is 17.8 Å². The second kappa shape index (κ2) is 10.8. The number of hydrogen-bond donors (Lipinski definition) is 2. The number of carbonyl (C=O) groups excluding carboxylic acids is 1. The average Bonchev–Trinajstić information content (AvgIpc) is 3.39. The Hall–Kier alpha value is -3.02. The number of allylic oxidation sites excluding steroid dienone is 2. The molecule has 0 spiro atoms. The average molecular weight is 521 g/mol. The van der Waals surface area contributed by atoms with E-state index in [1.807, 2.05) is 12.1 Å². The first kappa shape index (κ1) is 25.6. The molecule has 2 aliphatic carbocycles. The Morgan fingerprint density at radius 3 is 2.70 bits per heavy atom. The Morgan fingerprint density at radius 2 is 1.97 bits per heavy atom. The molecule has 1 saturated carbocycles. The number of nitrogens with two attached hydrogens (primary N) is 1. The van der Waals surface area contributed by atoms with E-state index in [-0.39, 0.29) is 28.9 Å². The van der Waals surface area contributed by atoms with Crippen molar-refractivity contribution in [1.29, 1.82) is 0 Å². The number of hydrogen-bond acceptors (Lipinski definition) is 4. The molecule has 1 fully saturated rings. The highest BCUT2D eigenvalue weighted by Gasteiger charge is 2.28. The van der Waals surface area contributed by atoms with E-state index < -0.39 is 17.5 Å². The molecule has 5 nitrogen and oxygen atoms in total. The van der Waals surface area contributed by atoms with Crippen LogP contribution in [-0.4, -0.2) is 21.9 Å². The van der Waals surface area contributed by atoms with Gasteiger partial charge in [0.1, 0.15) is 23.0 Å². The van der Waals surface area contributed by atoms with E-state index in [1.54, 1.807) is 12.4 Å². The molecule has 37 heavy (non-hydrogen) atoms. The molecular weight excluding hydrogens is 489 g/mol. The number of halogens is 2. The van der Waals surface area contributed by atoms with Gasteiger partial charge in [-0.15, -0.1) is 9.24 Å². The number of amides is 1. The lowest BCUT2D eigenvalue weighted by atomic mass is 9.76. The lowest BCUT2D eigenvalue weighted by molar-refractivity contribution is 0.102. The molecule has 2 aliphatic rings. The number of carbonyl (C=O) groups is 1. The van der Waals surface area contributed by atoms with Crippen LogP contribution >= 0.6 is 9.24 Å². The van der Waals surface area contributed by atoms with Crippen LogP contribution in [0, 0.1) is 17.6 Å². The molecule has 2 aromatic heterocycles. The Balaban J connectivity index is 1.43. The monoisotopic (exact) mass is 520 g/mol. The van der Waals surface area contributed by atoms with Gasteiger partial charge in [0.15, 0.2) is 0 Å². The van der Waals surface area contributed by atoms with Crippen LogP contribution in [0.25, 0.3) is 16.8 Å². The molecule has 4 atom stereocenters. The first-order valence-corrected chi connectivity index (χ1v) is 13.3.